The number of aromatic nitrogens is 2. The van der Waals surface area contributed by atoms with Crippen LogP contribution in [0.5, 0.6) is 0 Å². The number of nitrogens with zero attached hydrogens (tertiary/aromatic N) is 6. The summed E-state index contributed by atoms with van der Waals surface area (Å²) in [5, 5.41) is 4.54. The summed E-state index contributed by atoms with van der Waals surface area (Å²) in [6, 6.07) is 0. The minimum Gasteiger partial charge on any atom is -0.357 e. The van der Waals surface area contributed by atoms with E-state index in [9.17, 15) is 0 Å². The van der Waals surface area contributed by atoms with Gasteiger partial charge in [-0.25, -0.2) is 4.98 Å². The molecule has 27 heavy (non-hydrogen) atoms. The van der Waals surface area contributed by atoms with Crippen molar-refractivity contribution in [2.45, 2.75) is 40.0 Å². The number of likely N-dealkylation sites (tertiary alicyclic amines) is 1. The summed E-state index contributed by atoms with van der Waals surface area (Å²) in [6.07, 6.45) is 3.61. The highest BCUT2D eigenvalue weighted by atomic mass is 32.1. The van der Waals surface area contributed by atoms with Crippen molar-refractivity contribution in [1.82, 2.24) is 24.5 Å². The quantitative estimate of drug-likeness (QED) is 0.589. The molecule has 0 aromatic carbocycles. The summed E-state index contributed by atoms with van der Waals surface area (Å²) in [4.78, 5) is 16.9. The van der Waals surface area contributed by atoms with Gasteiger partial charge < -0.3 is 20.0 Å². The van der Waals surface area contributed by atoms with Gasteiger partial charge in [0.2, 0.25) is 5.13 Å². The molecule has 0 radical (unpaired) electrons. The van der Waals surface area contributed by atoms with Gasteiger partial charge in [0.25, 0.3) is 0 Å². The summed E-state index contributed by atoms with van der Waals surface area (Å²) in [5.74, 6) is 2.85. The maximum Gasteiger partial charge on any atom is 0.205 e. The predicted molar refractivity (Wildman–Crippen MR) is 114 cm³/mol. The summed E-state index contributed by atoms with van der Waals surface area (Å²) in [5.41, 5.74) is 0. The number of rotatable bonds is 6. The van der Waals surface area contributed by atoms with Crippen molar-refractivity contribution < 1.29 is 0 Å². The average Bonchev–Trinajstić information content (AvgIpc) is 3.17. The van der Waals surface area contributed by atoms with Crippen molar-refractivity contribution >= 4 is 22.6 Å². The van der Waals surface area contributed by atoms with Crippen molar-refractivity contribution in [3.8, 4) is 0 Å². The molecule has 0 amide bonds. The molecule has 0 saturated carbocycles. The largest absolute Gasteiger partial charge is 0.357 e. The number of piperidine rings is 1. The zero-order chi connectivity index (χ0) is 19.1. The molecule has 1 aromatic rings. The molecule has 0 bridgehead atoms. The standard InChI is InChI=1S/C19H35N7S/c1-4-17-22-19(27-23-17)26-13-11-25(12-14-26)18(20-5-2)21-8-10-24-9-6-7-16(3)15-24/h16H,4-15H2,1-3H3,(H,20,21). The van der Waals surface area contributed by atoms with Crippen LogP contribution in [0.3, 0.4) is 0 Å². The third-order valence-corrected chi connectivity index (χ3v) is 6.19. The smallest absolute Gasteiger partial charge is 0.205 e. The van der Waals surface area contributed by atoms with Crippen LogP contribution in [0.4, 0.5) is 5.13 Å². The molecule has 2 aliphatic heterocycles. The number of hydrogen-bond acceptors (Lipinski definition) is 6. The summed E-state index contributed by atoms with van der Waals surface area (Å²) < 4.78 is 4.42. The lowest BCUT2D eigenvalue weighted by Gasteiger charge is -2.36. The van der Waals surface area contributed by atoms with Crippen LogP contribution in [0.1, 0.15) is 39.4 Å². The number of anilines is 1. The van der Waals surface area contributed by atoms with E-state index in [0.29, 0.717) is 0 Å². The van der Waals surface area contributed by atoms with Crippen molar-refractivity contribution in [3.05, 3.63) is 5.82 Å². The Morgan fingerprint density at radius 2 is 2.04 bits per heavy atom. The number of nitrogens with one attached hydrogen (secondary N) is 1. The molecule has 1 atom stereocenters. The molecule has 0 spiro atoms. The molecule has 1 aromatic heterocycles. The second-order valence-corrected chi connectivity index (χ2v) is 8.33. The van der Waals surface area contributed by atoms with E-state index in [1.54, 1.807) is 0 Å². The van der Waals surface area contributed by atoms with Crippen LogP contribution in [-0.2, 0) is 6.42 Å². The van der Waals surface area contributed by atoms with Gasteiger partial charge in [0.05, 0.1) is 6.54 Å². The van der Waals surface area contributed by atoms with Crippen LogP contribution >= 0.6 is 11.5 Å². The second-order valence-electron chi connectivity index (χ2n) is 7.60. The highest BCUT2D eigenvalue weighted by Gasteiger charge is 2.22. The van der Waals surface area contributed by atoms with Gasteiger partial charge in [-0.1, -0.05) is 13.8 Å². The maximum absolute atomic E-state index is 4.92. The second kappa shape index (κ2) is 10.2. The Labute approximate surface area is 168 Å². The first-order chi connectivity index (χ1) is 13.2. The monoisotopic (exact) mass is 393 g/mol. The summed E-state index contributed by atoms with van der Waals surface area (Å²) >= 11 is 1.53. The van der Waals surface area contributed by atoms with E-state index in [-0.39, 0.29) is 0 Å². The number of hydrogen-bond donors (Lipinski definition) is 1. The predicted octanol–water partition coefficient (Wildman–Crippen LogP) is 1.92. The van der Waals surface area contributed by atoms with E-state index >= 15 is 0 Å². The van der Waals surface area contributed by atoms with E-state index in [4.69, 9.17) is 4.99 Å². The Morgan fingerprint density at radius 3 is 2.70 bits per heavy atom. The van der Waals surface area contributed by atoms with Gasteiger partial charge in [0.1, 0.15) is 5.82 Å². The first kappa shape index (κ1) is 20.3. The van der Waals surface area contributed by atoms with Crippen LogP contribution in [0.2, 0.25) is 0 Å². The van der Waals surface area contributed by atoms with Crippen LogP contribution in [0.15, 0.2) is 4.99 Å². The normalized spacial score (nSPS) is 22.3. The van der Waals surface area contributed by atoms with E-state index < -0.39 is 0 Å². The van der Waals surface area contributed by atoms with Crippen molar-refractivity contribution in [2.24, 2.45) is 10.9 Å². The fourth-order valence-electron chi connectivity index (χ4n) is 3.84. The average molecular weight is 394 g/mol. The lowest BCUT2D eigenvalue weighted by atomic mass is 10.0. The molecule has 8 heteroatoms. The van der Waals surface area contributed by atoms with Crippen molar-refractivity contribution in [2.75, 3.05) is 63.8 Å². The van der Waals surface area contributed by atoms with Crippen LogP contribution in [0, 0.1) is 5.92 Å². The van der Waals surface area contributed by atoms with E-state index in [1.165, 1.54) is 37.5 Å². The van der Waals surface area contributed by atoms with Crippen molar-refractivity contribution in [1.29, 1.82) is 0 Å². The highest BCUT2D eigenvalue weighted by molar-refractivity contribution is 7.09. The molecule has 1 unspecified atom stereocenters. The van der Waals surface area contributed by atoms with Gasteiger partial charge >= 0.3 is 0 Å². The third kappa shape index (κ3) is 5.78. The van der Waals surface area contributed by atoms with Gasteiger partial charge in [-0.15, -0.1) is 0 Å². The molecule has 2 aliphatic rings. The zero-order valence-electron chi connectivity index (χ0n) is 17.2. The lowest BCUT2D eigenvalue weighted by molar-refractivity contribution is 0.188. The summed E-state index contributed by atoms with van der Waals surface area (Å²) in [6.45, 7) is 15.9. The van der Waals surface area contributed by atoms with Gasteiger partial charge in [0, 0.05) is 63.8 Å². The van der Waals surface area contributed by atoms with Crippen LogP contribution in [-0.4, -0.2) is 84.0 Å². The number of guanidine groups is 1. The Kier molecular flexibility index (Phi) is 7.70. The Bertz CT molecular complexity index is 595. The molecule has 0 aliphatic carbocycles. The van der Waals surface area contributed by atoms with Gasteiger partial charge in [-0.05, 0) is 32.2 Å². The molecular weight excluding hydrogens is 358 g/mol. The summed E-state index contributed by atoms with van der Waals surface area (Å²) in [7, 11) is 0. The van der Waals surface area contributed by atoms with Crippen LogP contribution in [0.25, 0.3) is 0 Å². The molecule has 7 nitrogen and oxygen atoms in total. The van der Waals surface area contributed by atoms with E-state index in [0.717, 1.165) is 75.1 Å². The molecule has 2 saturated heterocycles. The number of piperazine rings is 1. The van der Waals surface area contributed by atoms with Gasteiger partial charge in [-0.2, -0.15) is 4.37 Å². The zero-order valence-corrected chi connectivity index (χ0v) is 18.0. The molecule has 2 fully saturated rings. The first-order valence-corrected chi connectivity index (χ1v) is 11.3. The number of aliphatic imine (C=N–C) groups is 1. The van der Waals surface area contributed by atoms with E-state index in [1.807, 2.05) is 0 Å². The Morgan fingerprint density at radius 1 is 1.22 bits per heavy atom. The minimum atomic E-state index is 0.831. The van der Waals surface area contributed by atoms with Gasteiger partial charge in [-0.3, -0.25) is 4.99 Å². The molecule has 3 rings (SSSR count). The lowest BCUT2D eigenvalue weighted by Crippen LogP contribution is -2.52. The SMILES string of the molecule is CCNC(=NCCN1CCCC(C)C1)N1CCN(c2nc(CC)ns2)CC1. The fourth-order valence-corrected chi connectivity index (χ4v) is 4.64. The molecular formula is C19H35N7S. The number of aryl methyl sites for hydroxylation is 1. The van der Waals surface area contributed by atoms with Crippen LogP contribution < -0.4 is 10.2 Å². The first-order valence-electron chi connectivity index (χ1n) is 10.5. The third-order valence-electron chi connectivity index (χ3n) is 5.38. The van der Waals surface area contributed by atoms with Crippen molar-refractivity contribution in [3.63, 3.8) is 0 Å². The molecule has 3 heterocycles. The van der Waals surface area contributed by atoms with Gasteiger partial charge in [0.15, 0.2) is 5.96 Å². The maximum atomic E-state index is 4.92. The Balaban J connectivity index is 1.49. The molecule has 1 N–H and O–H groups in total. The topological polar surface area (TPSA) is 59.9 Å². The molecule has 152 valence electrons. The minimum absolute atomic E-state index is 0.831. The Hall–Kier alpha value is -1.41. The fraction of sp³-hybridized carbons (Fsp3) is 0.842. The van der Waals surface area contributed by atoms with E-state index in [2.05, 4.69) is 50.1 Å². The highest BCUT2D eigenvalue weighted by Crippen LogP contribution is 2.19.